The Hall–Kier alpha value is -3.78. The lowest BCUT2D eigenvalue weighted by atomic mass is 9.72. The molecule has 2 aliphatic rings. The zero-order valence-corrected chi connectivity index (χ0v) is 21.8. The lowest BCUT2D eigenvalue weighted by Crippen LogP contribution is -2.43. The highest BCUT2D eigenvalue weighted by Gasteiger charge is 2.34. The average Bonchev–Trinajstić information content (AvgIpc) is 2.93. The number of carbonyl (C=O) groups is 2. The molecule has 5 rings (SSSR count). The summed E-state index contributed by atoms with van der Waals surface area (Å²) in [6, 6.07) is 16.1. The molecule has 1 aromatic carbocycles. The first-order valence-electron chi connectivity index (χ1n) is 13.4. The topological polar surface area (TPSA) is 119 Å². The fourth-order valence-corrected chi connectivity index (χ4v) is 5.44. The molecule has 4 N–H and O–H groups in total. The second kappa shape index (κ2) is 11.3. The Bertz CT molecular complexity index is 1270. The SMILES string of the molecule is CNC(=O)O[C@H]1CC[C@H](CC(=O)Nc2cc(-c3ccccn3)c(-c3ccc(C4(N)CCC4)cc3)cn2)CC1. The van der Waals surface area contributed by atoms with Crippen molar-refractivity contribution < 1.29 is 14.3 Å². The molecule has 0 aliphatic heterocycles. The monoisotopic (exact) mass is 513 g/mol. The Morgan fingerprint density at radius 1 is 1.03 bits per heavy atom. The molecule has 0 bridgehead atoms. The fourth-order valence-electron chi connectivity index (χ4n) is 5.44. The molecule has 8 heteroatoms. The molecule has 2 amide bonds. The van der Waals surface area contributed by atoms with Crippen LogP contribution in [0, 0.1) is 5.92 Å². The van der Waals surface area contributed by atoms with Gasteiger partial charge in [-0.3, -0.25) is 9.78 Å². The molecule has 0 radical (unpaired) electrons. The molecule has 2 aliphatic carbocycles. The quantitative estimate of drug-likeness (QED) is 0.390. The summed E-state index contributed by atoms with van der Waals surface area (Å²) < 4.78 is 5.35. The van der Waals surface area contributed by atoms with Gasteiger partial charge in [0.2, 0.25) is 5.91 Å². The van der Waals surface area contributed by atoms with Gasteiger partial charge in [0, 0.05) is 42.5 Å². The van der Waals surface area contributed by atoms with Gasteiger partial charge in [0.1, 0.15) is 11.9 Å². The fraction of sp³-hybridized carbons (Fsp3) is 0.400. The highest BCUT2D eigenvalue weighted by atomic mass is 16.6. The minimum absolute atomic E-state index is 0.0639. The van der Waals surface area contributed by atoms with Crippen LogP contribution in [0.3, 0.4) is 0 Å². The van der Waals surface area contributed by atoms with Crippen molar-refractivity contribution in [1.29, 1.82) is 0 Å². The first-order chi connectivity index (χ1) is 18.4. The zero-order chi connectivity index (χ0) is 26.5. The van der Waals surface area contributed by atoms with E-state index in [0.29, 0.717) is 12.2 Å². The van der Waals surface area contributed by atoms with Crippen molar-refractivity contribution in [3.05, 3.63) is 66.5 Å². The van der Waals surface area contributed by atoms with Gasteiger partial charge in [-0.05, 0) is 80.2 Å². The minimum Gasteiger partial charge on any atom is -0.446 e. The Labute approximate surface area is 223 Å². The molecular formula is C30H35N5O3. The number of aromatic nitrogens is 2. The third-order valence-corrected chi connectivity index (χ3v) is 7.87. The van der Waals surface area contributed by atoms with Crippen molar-refractivity contribution >= 4 is 17.8 Å². The van der Waals surface area contributed by atoms with E-state index in [1.54, 1.807) is 19.4 Å². The lowest BCUT2D eigenvalue weighted by Gasteiger charge is -2.38. The number of nitrogens with two attached hydrogens (primary N) is 1. The van der Waals surface area contributed by atoms with Crippen LogP contribution in [-0.4, -0.2) is 35.1 Å². The molecule has 198 valence electrons. The van der Waals surface area contributed by atoms with E-state index in [4.69, 9.17) is 10.5 Å². The van der Waals surface area contributed by atoms with Crippen LogP contribution in [0.15, 0.2) is 60.9 Å². The summed E-state index contributed by atoms with van der Waals surface area (Å²) in [5, 5.41) is 5.47. The van der Waals surface area contributed by atoms with Gasteiger partial charge in [-0.1, -0.05) is 30.3 Å². The van der Waals surface area contributed by atoms with Crippen LogP contribution in [0.25, 0.3) is 22.4 Å². The Balaban J connectivity index is 1.29. The second-order valence-electron chi connectivity index (χ2n) is 10.5. The second-order valence-corrected chi connectivity index (χ2v) is 10.5. The van der Waals surface area contributed by atoms with Crippen LogP contribution in [0.1, 0.15) is 56.9 Å². The summed E-state index contributed by atoms with van der Waals surface area (Å²) >= 11 is 0. The lowest BCUT2D eigenvalue weighted by molar-refractivity contribution is -0.117. The maximum Gasteiger partial charge on any atom is 0.407 e. The summed E-state index contributed by atoms with van der Waals surface area (Å²) in [5.74, 6) is 0.697. The zero-order valence-electron chi connectivity index (χ0n) is 21.8. The molecule has 0 spiro atoms. The van der Waals surface area contributed by atoms with E-state index in [9.17, 15) is 9.59 Å². The highest BCUT2D eigenvalue weighted by Crippen LogP contribution is 2.40. The van der Waals surface area contributed by atoms with Gasteiger partial charge in [0.15, 0.2) is 0 Å². The van der Waals surface area contributed by atoms with Crippen molar-refractivity contribution in [2.75, 3.05) is 12.4 Å². The number of anilines is 1. The summed E-state index contributed by atoms with van der Waals surface area (Å²) in [4.78, 5) is 33.5. The van der Waals surface area contributed by atoms with E-state index in [0.717, 1.165) is 66.5 Å². The Kier molecular flexibility index (Phi) is 7.69. The van der Waals surface area contributed by atoms with Crippen molar-refractivity contribution in [2.24, 2.45) is 11.7 Å². The smallest absolute Gasteiger partial charge is 0.407 e. The van der Waals surface area contributed by atoms with Crippen LogP contribution in [0.2, 0.25) is 0 Å². The number of ether oxygens (including phenoxy) is 1. The number of hydrogen-bond acceptors (Lipinski definition) is 6. The molecule has 2 saturated carbocycles. The number of hydrogen-bond donors (Lipinski definition) is 3. The summed E-state index contributed by atoms with van der Waals surface area (Å²) in [6.07, 6.45) is 9.95. The Morgan fingerprint density at radius 2 is 1.79 bits per heavy atom. The minimum atomic E-state index is -0.401. The summed E-state index contributed by atoms with van der Waals surface area (Å²) in [6.45, 7) is 0. The van der Waals surface area contributed by atoms with Crippen molar-refractivity contribution in [3.63, 3.8) is 0 Å². The van der Waals surface area contributed by atoms with Crippen LogP contribution in [-0.2, 0) is 15.1 Å². The van der Waals surface area contributed by atoms with Crippen LogP contribution in [0.5, 0.6) is 0 Å². The number of pyridine rings is 2. The third-order valence-electron chi connectivity index (χ3n) is 7.87. The van der Waals surface area contributed by atoms with Gasteiger partial charge in [0.25, 0.3) is 0 Å². The normalized spacial score (nSPS) is 20.2. The average molecular weight is 514 g/mol. The predicted molar refractivity (Wildman–Crippen MR) is 147 cm³/mol. The Morgan fingerprint density at radius 3 is 2.42 bits per heavy atom. The molecule has 2 aromatic heterocycles. The van der Waals surface area contributed by atoms with Gasteiger partial charge in [-0.2, -0.15) is 0 Å². The van der Waals surface area contributed by atoms with Gasteiger partial charge in [-0.15, -0.1) is 0 Å². The van der Waals surface area contributed by atoms with Crippen molar-refractivity contribution in [3.8, 4) is 22.4 Å². The van der Waals surface area contributed by atoms with E-state index in [1.165, 1.54) is 6.42 Å². The largest absolute Gasteiger partial charge is 0.446 e. The van der Waals surface area contributed by atoms with Crippen molar-refractivity contribution in [1.82, 2.24) is 15.3 Å². The van der Waals surface area contributed by atoms with Crippen molar-refractivity contribution in [2.45, 2.75) is 63.0 Å². The number of benzene rings is 1. The summed E-state index contributed by atoms with van der Waals surface area (Å²) in [5.41, 5.74) is 11.2. The molecular weight excluding hydrogens is 478 g/mol. The van der Waals surface area contributed by atoms with E-state index >= 15 is 0 Å². The van der Waals surface area contributed by atoms with Gasteiger partial charge in [0.05, 0.1) is 5.69 Å². The highest BCUT2D eigenvalue weighted by molar-refractivity contribution is 5.92. The molecule has 0 atom stereocenters. The van der Waals surface area contributed by atoms with Gasteiger partial charge < -0.3 is 21.1 Å². The first kappa shape index (κ1) is 25.9. The first-order valence-corrected chi connectivity index (χ1v) is 13.4. The maximum absolute atomic E-state index is 12.9. The van der Waals surface area contributed by atoms with E-state index in [1.807, 2.05) is 24.3 Å². The molecule has 0 saturated heterocycles. The summed E-state index contributed by atoms with van der Waals surface area (Å²) in [7, 11) is 1.56. The van der Waals surface area contributed by atoms with E-state index < -0.39 is 6.09 Å². The number of rotatable bonds is 7. The number of alkyl carbamates (subject to hydrolysis) is 1. The predicted octanol–water partition coefficient (Wildman–Crippen LogP) is 5.39. The standard InChI is InChI=1S/C30H35N5O3/c1-32-29(37)38-23-12-6-20(7-13-23)17-28(36)35-27-18-24(26-5-2-3-16-33-26)25(19-34-27)21-8-10-22(11-9-21)30(31)14-4-15-30/h2-3,5,8-11,16,18-20,23H,4,6-7,12-15,17,31H2,1H3,(H,32,37)(H,34,35,36)/t20-,23-. The van der Waals surface area contributed by atoms with Crippen LogP contribution in [0.4, 0.5) is 10.6 Å². The van der Waals surface area contributed by atoms with Crippen LogP contribution < -0.4 is 16.4 Å². The van der Waals surface area contributed by atoms with E-state index in [-0.39, 0.29) is 23.5 Å². The van der Waals surface area contributed by atoms with Gasteiger partial charge in [-0.25, -0.2) is 9.78 Å². The third kappa shape index (κ3) is 5.86. The van der Waals surface area contributed by atoms with Crippen LogP contribution >= 0.6 is 0 Å². The molecule has 2 heterocycles. The number of amides is 2. The van der Waals surface area contributed by atoms with E-state index in [2.05, 4.69) is 44.9 Å². The molecule has 2 fully saturated rings. The molecule has 0 unspecified atom stereocenters. The molecule has 38 heavy (non-hydrogen) atoms. The number of nitrogens with one attached hydrogen (secondary N) is 2. The van der Waals surface area contributed by atoms with Gasteiger partial charge >= 0.3 is 6.09 Å². The number of carbonyl (C=O) groups excluding carboxylic acids is 2. The molecule has 8 nitrogen and oxygen atoms in total. The maximum atomic E-state index is 12.9. The molecule has 3 aromatic rings. The number of nitrogens with zero attached hydrogens (tertiary/aromatic N) is 2.